The zero-order chi connectivity index (χ0) is 28.6. The topological polar surface area (TPSA) is 46.5 Å². The van der Waals surface area contributed by atoms with Crippen molar-refractivity contribution in [2.75, 3.05) is 6.61 Å². The summed E-state index contributed by atoms with van der Waals surface area (Å²) in [7, 11) is 0. The van der Waals surface area contributed by atoms with Crippen molar-refractivity contribution in [3.8, 4) is 5.75 Å². The molecule has 3 nitrogen and oxygen atoms in total. The summed E-state index contributed by atoms with van der Waals surface area (Å²) >= 11 is 0. The Morgan fingerprint density at radius 2 is 1.13 bits per heavy atom. The van der Waals surface area contributed by atoms with E-state index in [1.807, 2.05) is 6.92 Å². The van der Waals surface area contributed by atoms with Gasteiger partial charge >= 0.3 is 5.97 Å². The Morgan fingerprint density at radius 3 is 1.53 bits per heavy atom. The Hall–Kier alpha value is -1.51. The molecule has 0 spiro atoms. The highest BCUT2D eigenvalue weighted by atomic mass is 16.5. The Bertz CT molecular complexity index is 746. The van der Waals surface area contributed by atoms with Crippen LogP contribution in [0.5, 0.6) is 5.75 Å². The quantitative estimate of drug-likeness (QED) is 0.143. The summed E-state index contributed by atoms with van der Waals surface area (Å²) in [5, 5.41) is 11.2. The van der Waals surface area contributed by atoms with Crippen molar-refractivity contribution in [3.63, 3.8) is 0 Å². The molecular weight excluding hydrogens is 468 g/mol. The van der Waals surface area contributed by atoms with Crippen LogP contribution in [-0.4, -0.2) is 17.7 Å². The Kier molecular flexibility index (Phi) is 16.3. The fraction of sp³-hybridized carbons (Fsp3) is 0.800. The third-order valence-corrected chi connectivity index (χ3v) is 7.89. The standard InChI is InChI=1S/C35H62O3/c1-9-11-12-13-14-15-16-17-18-19-20-21-22-23-28(24-25-38-32(36)10-2)29-26-30(34(3,4)5)33(37)31(27-29)35(6,7)8/h26-28,37H,9-25H2,1-8H3. The molecule has 0 aromatic heterocycles. The number of esters is 1. The summed E-state index contributed by atoms with van der Waals surface area (Å²) in [4.78, 5) is 11.8. The highest BCUT2D eigenvalue weighted by molar-refractivity contribution is 5.68. The second-order valence-electron chi connectivity index (χ2n) is 13.6. The van der Waals surface area contributed by atoms with E-state index in [2.05, 4.69) is 60.6 Å². The van der Waals surface area contributed by atoms with Crippen LogP contribution in [-0.2, 0) is 20.4 Å². The minimum Gasteiger partial charge on any atom is -0.507 e. The first-order chi connectivity index (χ1) is 17.9. The lowest BCUT2D eigenvalue weighted by atomic mass is 9.76. The zero-order valence-corrected chi connectivity index (χ0v) is 26.5. The van der Waals surface area contributed by atoms with Crippen molar-refractivity contribution in [1.82, 2.24) is 0 Å². The minimum absolute atomic E-state index is 0.124. The van der Waals surface area contributed by atoms with Gasteiger partial charge in [-0.05, 0) is 46.3 Å². The summed E-state index contributed by atoms with van der Waals surface area (Å²) in [6.45, 7) is 17.6. The number of phenols is 1. The van der Waals surface area contributed by atoms with Crippen LogP contribution in [0.2, 0.25) is 0 Å². The van der Waals surface area contributed by atoms with Crippen molar-refractivity contribution < 1.29 is 14.6 Å². The van der Waals surface area contributed by atoms with E-state index >= 15 is 0 Å². The molecule has 0 heterocycles. The molecule has 1 rings (SSSR count). The smallest absolute Gasteiger partial charge is 0.305 e. The van der Waals surface area contributed by atoms with E-state index in [4.69, 9.17) is 4.74 Å². The SMILES string of the molecule is CCCCCCCCCCCCCCCC(CCOC(=O)CC)c1cc(C(C)(C)C)c(O)c(C(C)(C)C)c1. The predicted octanol–water partition coefficient (Wildman–Crippen LogP) is 10.9. The van der Waals surface area contributed by atoms with Gasteiger partial charge in [0.1, 0.15) is 5.75 Å². The summed E-state index contributed by atoms with van der Waals surface area (Å²) in [5.74, 6) is 0.641. The van der Waals surface area contributed by atoms with Crippen LogP contribution in [0.15, 0.2) is 12.1 Å². The number of aromatic hydroxyl groups is 1. The van der Waals surface area contributed by atoms with Crippen molar-refractivity contribution in [2.45, 2.75) is 175 Å². The molecule has 1 aromatic rings. The monoisotopic (exact) mass is 530 g/mol. The first-order valence-electron chi connectivity index (χ1n) is 15.9. The molecule has 1 N–H and O–H groups in total. The number of unbranched alkanes of at least 4 members (excludes halogenated alkanes) is 12. The molecular formula is C35H62O3. The Balaban J connectivity index is 2.72. The van der Waals surface area contributed by atoms with Crippen LogP contribution in [0.4, 0.5) is 0 Å². The van der Waals surface area contributed by atoms with Crippen molar-refractivity contribution >= 4 is 5.97 Å². The number of benzene rings is 1. The molecule has 3 heteroatoms. The molecule has 0 amide bonds. The molecule has 0 saturated carbocycles. The van der Waals surface area contributed by atoms with Gasteiger partial charge in [-0.15, -0.1) is 0 Å². The van der Waals surface area contributed by atoms with Gasteiger partial charge in [-0.3, -0.25) is 4.79 Å². The number of ether oxygens (including phenoxy) is 1. The largest absolute Gasteiger partial charge is 0.507 e. The molecule has 1 aromatic carbocycles. The summed E-state index contributed by atoms with van der Waals surface area (Å²) in [5.41, 5.74) is 3.02. The van der Waals surface area contributed by atoms with Crippen LogP contribution in [0, 0.1) is 0 Å². The number of carbonyl (C=O) groups excluding carboxylic acids is 1. The summed E-state index contributed by atoms with van der Waals surface area (Å²) < 4.78 is 5.49. The van der Waals surface area contributed by atoms with Crippen LogP contribution in [0.1, 0.15) is 181 Å². The zero-order valence-electron chi connectivity index (χ0n) is 26.5. The predicted molar refractivity (Wildman–Crippen MR) is 164 cm³/mol. The lowest BCUT2D eigenvalue weighted by Gasteiger charge is -2.30. The minimum atomic E-state index is -0.144. The third kappa shape index (κ3) is 13.5. The number of carbonyl (C=O) groups is 1. The van der Waals surface area contributed by atoms with E-state index in [9.17, 15) is 9.90 Å². The average Bonchev–Trinajstić information content (AvgIpc) is 2.84. The van der Waals surface area contributed by atoms with Gasteiger partial charge in [0.2, 0.25) is 0 Å². The van der Waals surface area contributed by atoms with Gasteiger partial charge in [0.05, 0.1) is 6.61 Å². The van der Waals surface area contributed by atoms with Gasteiger partial charge in [0.15, 0.2) is 0 Å². The molecule has 1 atom stereocenters. The van der Waals surface area contributed by atoms with E-state index in [0.717, 1.165) is 24.0 Å². The molecule has 0 fully saturated rings. The maximum Gasteiger partial charge on any atom is 0.305 e. The highest BCUT2D eigenvalue weighted by Crippen LogP contribution is 2.42. The summed E-state index contributed by atoms with van der Waals surface area (Å²) in [6.07, 6.45) is 20.0. The van der Waals surface area contributed by atoms with Gasteiger partial charge < -0.3 is 9.84 Å². The lowest BCUT2D eigenvalue weighted by molar-refractivity contribution is -0.143. The molecule has 0 radical (unpaired) electrons. The number of hydrogen-bond donors (Lipinski definition) is 1. The fourth-order valence-corrected chi connectivity index (χ4v) is 5.34. The second-order valence-corrected chi connectivity index (χ2v) is 13.6. The first kappa shape index (κ1) is 34.5. The molecule has 0 saturated heterocycles. The fourth-order valence-electron chi connectivity index (χ4n) is 5.34. The van der Waals surface area contributed by atoms with E-state index in [0.29, 0.717) is 24.7 Å². The molecule has 0 aliphatic rings. The van der Waals surface area contributed by atoms with Crippen LogP contribution in [0.25, 0.3) is 0 Å². The van der Waals surface area contributed by atoms with E-state index in [1.165, 1.54) is 89.0 Å². The number of rotatable bonds is 19. The maximum atomic E-state index is 11.8. The van der Waals surface area contributed by atoms with E-state index < -0.39 is 0 Å². The van der Waals surface area contributed by atoms with Gasteiger partial charge in [0.25, 0.3) is 0 Å². The maximum absolute atomic E-state index is 11.8. The summed E-state index contributed by atoms with van der Waals surface area (Å²) in [6, 6.07) is 4.44. The average molecular weight is 531 g/mol. The van der Waals surface area contributed by atoms with Crippen LogP contribution < -0.4 is 0 Å². The van der Waals surface area contributed by atoms with E-state index in [1.54, 1.807) is 0 Å². The normalized spacial score (nSPS) is 13.1. The third-order valence-electron chi connectivity index (χ3n) is 7.89. The van der Waals surface area contributed by atoms with Crippen molar-refractivity contribution in [2.24, 2.45) is 0 Å². The highest BCUT2D eigenvalue weighted by Gasteiger charge is 2.28. The molecule has 0 aliphatic carbocycles. The Labute approximate surface area is 236 Å². The molecule has 0 aliphatic heterocycles. The first-order valence-corrected chi connectivity index (χ1v) is 15.9. The van der Waals surface area contributed by atoms with Gasteiger partial charge in [-0.25, -0.2) is 0 Å². The Morgan fingerprint density at radius 1 is 0.711 bits per heavy atom. The molecule has 38 heavy (non-hydrogen) atoms. The number of hydrogen-bond acceptors (Lipinski definition) is 3. The van der Waals surface area contributed by atoms with Crippen LogP contribution in [0.3, 0.4) is 0 Å². The van der Waals surface area contributed by atoms with Crippen molar-refractivity contribution in [3.05, 3.63) is 28.8 Å². The molecule has 1 unspecified atom stereocenters. The number of phenolic OH excluding ortho intramolecular Hbond substituents is 1. The van der Waals surface area contributed by atoms with Gasteiger partial charge in [-0.2, -0.15) is 0 Å². The molecule has 0 bridgehead atoms. The molecule has 220 valence electrons. The van der Waals surface area contributed by atoms with E-state index in [-0.39, 0.29) is 16.8 Å². The van der Waals surface area contributed by atoms with Crippen LogP contribution >= 0.6 is 0 Å². The van der Waals surface area contributed by atoms with Gasteiger partial charge in [-0.1, -0.05) is 151 Å². The van der Waals surface area contributed by atoms with Gasteiger partial charge in [0, 0.05) is 6.42 Å². The lowest BCUT2D eigenvalue weighted by Crippen LogP contribution is -2.19. The second kappa shape index (κ2) is 18.0. The van der Waals surface area contributed by atoms with Crippen molar-refractivity contribution in [1.29, 1.82) is 0 Å².